The summed E-state index contributed by atoms with van der Waals surface area (Å²) in [6.45, 7) is 4.18. The van der Waals surface area contributed by atoms with Crippen molar-refractivity contribution in [3.8, 4) is 5.75 Å². The Labute approximate surface area is 226 Å². The number of phenols is 1. The van der Waals surface area contributed by atoms with Crippen LogP contribution < -0.4 is 0 Å². The number of fused-ring (bicyclic) bond motifs is 4. The van der Waals surface area contributed by atoms with Gasteiger partial charge < -0.3 is 14.8 Å². The number of aromatic hydroxyl groups is 1. The summed E-state index contributed by atoms with van der Waals surface area (Å²) in [6.07, 6.45) is 5.87. The Morgan fingerprint density at radius 1 is 1.11 bits per heavy atom. The van der Waals surface area contributed by atoms with Gasteiger partial charge in [-0.15, -0.1) is 0 Å². The second-order valence-electron chi connectivity index (χ2n) is 10.6. The lowest BCUT2D eigenvalue weighted by molar-refractivity contribution is 0.0601. The maximum Gasteiger partial charge on any atom is 0.455 e. The summed E-state index contributed by atoms with van der Waals surface area (Å²) in [5.74, 6) is -0.745. The third-order valence-electron chi connectivity index (χ3n) is 8.15. The fraction of sp³-hybridized carbons (Fsp3) is 0.400. The van der Waals surface area contributed by atoms with Crippen molar-refractivity contribution in [2.45, 2.75) is 58.4 Å². The molecule has 37 heavy (non-hydrogen) atoms. The summed E-state index contributed by atoms with van der Waals surface area (Å²) in [5, 5.41) is 21.0. The Hall–Kier alpha value is -2.48. The molecule has 0 unspecified atom stereocenters. The fourth-order valence-corrected chi connectivity index (χ4v) is 6.97. The first-order valence-electron chi connectivity index (χ1n) is 13.2. The number of hydrogen-bond donors (Lipinski definition) is 2. The van der Waals surface area contributed by atoms with Crippen molar-refractivity contribution < 1.29 is 24.4 Å². The van der Waals surface area contributed by atoms with Crippen molar-refractivity contribution in [1.82, 2.24) is 0 Å². The van der Waals surface area contributed by atoms with Crippen molar-refractivity contribution in [2.24, 2.45) is 17.8 Å². The average Bonchev–Trinajstić information content (AvgIpc) is 2.87. The molecule has 5 rings (SSSR count). The molecule has 192 valence electrons. The lowest BCUT2D eigenvalue weighted by atomic mass is 9.54. The van der Waals surface area contributed by atoms with Crippen LogP contribution in [-0.4, -0.2) is 34.9 Å². The number of halogens is 1. The van der Waals surface area contributed by atoms with E-state index in [9.17, 15) is 19.7 Å². The van der Waals surface area contributed by atoms with E-state index >= 15 is 0 Å². The summed E-state index contributed by atoms with van der Waals surface area (Å²) < 4.78 is 6.98. The molecular formula is C30H32BBrO5. The van der Waals surface area contributed by atoms with E-state index in [1.54, 1.807) is 18.2 Å². The molecule has 2 aromatic carbocycles. The van der Waals surface area contributed by atoms with Crippen LogP contribution >= 0.6 is 15.9 Å². The zero-order valence-corrected chi connectivity index (χ0v) is 22.8. The molecule has 2 aliphatic carbocycles. The Kier molecular flexibility index (Phi) is 7.57. The molecule has 1 saturated heterocycles. The fourth-order valence-electron chi connectivity index (χ4n) is 6.59. The number of benzene rings is 2. The van der Waals surface area contributed by atoms with Crippen LogP contribution in [0, 0.1) is 17.8 Å². The van der Waals surface area contributed by atoms with E-state index in [0.717, 1.165) is 40.4 Å². The number of rotatable bonds is 6. The van der Waals surface area contributed by atoms with Gasteiger partial charge in [0.1, 0.15) is 5.75 Å². The van der Waals surface area contributed by atoms with Crippen molar-refractivity contribution in [2.75, 3.05) is 0 Å². The predicted molar refractivity (Wildman–Crippen MR) is 148 cm³/mol. The van der Waals surface area contributed by atoms with Gasteiger partial charge in [0, 0.05) is 33.0 Å². The molecule has 7 heteroatoms. The zero-order valence-electron chi connectivity index (χ0n) is 21.2. The molecule has 0 aromatic heterocycles. The van der Waals surface area contributed by atoms with Crippen molar-refractivity contribution in [3.05, 3.63) is 80.3 Å². The van der Waals surface area contributed by atoms with Gasteiger partial charge in [-0.1, -0.05) is 70.8 Å². The number of Topliss-reactive ketones (excluding diaryl/α,β-unsaturated/α-hetero) is 2. The number of allylic oxidation sites excluding steroid dienone is 2. The molecule has 0 radical (unpaired) electrons. The van der Waals surface area contributed by atoms with Crippen LogP contribution in [0.5, 0.6) is 5.75 Å². The van der Waals surface area contributed by atoms with E-state index in [0.29, 0.717) is 30.3 Å². The molecule has 2 aromatic rings. The van der Waals surface area contributed by atoms with E-state index in [1.165, 1.54) is 5.57 Å². The van der Waals surface area contributed by atoms with Gasteiger partial charge in [-0.05, 0) is 68.6 Å². The lowest BCUT2D eigenvalue weighted by Crippen LogP contribution is -2.50. The summed E-state index contributed by atoms with van der Waals surface area (Å²) in [5.41, 5.74) is 5.19. The summed E-state index contributed by atoms with van der Waals surface area (Å²) in [4.78, 5) is 27.0. The summed E-state index contributed by atoms with van der Waals surface area (Å²) >= 11 is 3.48. The normalized spacial score (nSPS) is 25.6. The quantitative estimate of drug-likeness (QED) is 0.304. The minimum absolute atomic E-state index is 0.0137. The Balaban J connectivity index is 1.43. The molecule has 5 nitrogen and oxygen atoms in total. The second kappa shape index (κ2) is 10.7. The topological polar surface area (TPSA) is 83.8 Å². The van der Waals surface area contributed by atoms with Crippen LogP contribution in [-0.2, 0) is 4.65 Å². The Morgan fingerprint density at radius 2 is 1.84 bits per heavy atom. The van der Waals surface area contributed by atoms with Crippen molar-refractivity contribution in [1.29, 1.82) is 0 Å². The monoisotopic (exact) mass is 562 g/mol. The van der Waals surface area contributed by atoms with E-state index < -0.39 is 13.0 Å². The van der Waals surface area contributed by atoms with Gasteiger partial charge >= 0.3 is 7.12 Å². The molecule has 0 spiro atoms. The smallest absolute Gasteiger partial charge is 0.455 e. The number of carbonyl (C=O) groups is 2. The zero-order chi connectivity index (χ0) is 26.3. The molecule has 0 saturated carbocycles. The maximum atomic E-state index is 13.7. The molecule has 1 heterocycles. The Bertz CT molecular complexity index is 1300. The van der Waals surface area contributed by atoms with Gasteiger partial charge in [-0.25, -0.2) is 0 Å². The molecule has 1 fully saturated rings. The van der Waals surface area contributed by atoms with Gasteiger partial charge in [-0.2, -0.15) is 0 Å². The number of phenolic OH excluding ortho intramolecular Hbond substituents is 1. The number of hydrogen-bond acceptors (Lipinski definition) is 5. The highest BCUT2D eigenvalue weighted by atomic mass is 79.9. The molecular weight excluding hydrogens is 531 g/mol. The molecule has 0 bridgehead atoms. The molecule has 1 aliphatic heterocycles. The van der Waals surface area contributed by atoms with E-state index in [-0.39, 0.29) is 35.3 Å². The van der Waals surface area contributed by atoms with Crippen LogP contribution in [0.3, 0.4) is 0 Å². The van der Waals surface area contributed by atoms with Gasteiger partial charge in [0.2, 0.25) is 0 Å². The van der Waals surface area contributed by atoms with Gasteiger partial charge in [0.05, 0.1) is 6.10 Å². The highest BCUT2D eigenvalue weighted by Gasteiger charge is 2.52. The number of ketones is 2. The highest BCUT2D eigenvalue weighted by molar-refractivity contribution is 9.10. The van der Waals surface area contributed by atoms with E-state index in [1.807, 2.05) is 37.3 Å². The van der Waals surface area contributed by atoms with Crippen LogP contribution in [0.15, 0.2) is 63.7 Å². The van der Waals surface area contributed by atoms with Gasteiger partial charge in [0.15, 0.2) is 11.6 Å². The average molecular weight is 563 g/mol. The standard InChI is InChI=1S/C30H32BBrO5/c1-3-6-18(14-19-15-20(32)10-11-25(19)33)9-12-26-27-17(2)13-23-28(24(27)16-31(36)37-26)30(35)22-8-5-4-7-21(22)29(23)34/h4-5,7-8,10-11,14-15,23-24,26,28,33,36H,3,6,9,12-13,16H2,1-2H3/b18-14+/t23-,24+,26-,28-/m1/s1. The van der Waals surface area contributed by atoms with Crippen LogP contribution in [0.1, 0.15) is 72.2 Å². The van der Waals surface area contributed by atoms with Crippen LogP contribution in [0.4, 0.5) is 0 Å². The predicted octanol–water partition coefficient (Wildman–Crippen LogP) is 6.65. The first-order chi connectivity index (χ1) is 17.8. The first-order valence-corrected chi connectivity index (χ1v) is 14.0. The number of carbonyl (C=O) groups excluding carboxylic acids is 2. The van der Waals surface area contributed by atoms with E-state index in [4.69, 9.17) is 4.65 Å². The highest BCUT2D eigenvalue weighted by Crippen LogP contribution is 2.50. The summed E-state index contributed by atoms with van der Waals surface area (Å²) in [6, 6.07) is 12.5. The van der Waals surface area contributed by atoms with E-state index in [2.05, 4.69) is 22.9 Å². The lowest BCUT2D eigenvalue weighted by Gasteiger charge is -2.47. The molecule has 3 aliphatic rings. The van der Waals surface area contributed by atoms with Gasteiger partial charge in [-0.3, -0.25) is 9.59 Å². The Morgan fingerprint density at radius 3 is 2.57 bits per heavy atom. The van der Waals surface area contributed by atoms with Crippen LogP contribution in [0.2, 0.25) is 6.32 Å². The third-order valence-corrected chi connectivity index (χ3v) is 8.65. The van der Waals surface area contributed by atoms with Crippen LogP contribution in [0.25, 0.3) is 6.08 Å². The van der Waals surface area contributed by atoms with Gasteiger partial charge in [0.25, 0.3) is 0 Å². The second-order valence-corrected chi connectivity index (χ2v) is 11.5. The molecule has 4 atom stereocenters. The first kappa shape index (κ1) is 26.1. The molecule has 0 amide bonds. The SMILES string of the molecule is CCC/C(=C\c1cc(Br)ccc1O)CC[C@H]1OB(O)C[C@H]2C1=C(C)C[C@H]1C(=O)c3ccccc3C(=O)[C@H]12. The minimum Gasteiger partial charge on any atom is -0.507 e. The van der Waals surface area contributed by atoms with Crippen molar-refractivity contribution in [3.63, 3.8) is 0 Å². The summed E-state index contributed by atoms with van der Waals surface area (Å²) in [7, 11) is -0.974. The third kappa shape index (κ3) is 5.01. The molecule has 2 N–H and O–H groups in total. The minimum atomic E-state index is -0.974. The van der Waals surface area contributed by atoms with Crippen molar-refractivity contribution >= 4 is 40.7 Å². The maximum absolute atomic E-state index is 13.7. The largest absolute Gasteiger partial charge is 0.507 e.